The SMILES string of the molecule is CCNC(=NCc1ccccc1OC)NCCCC1CC1.I. The largest absolute Gasteiger partial charge is 0.496 e. The minimum Gasteiger partial charge on any atom is -0.496 e. The molecule has 0 unspecified atom stereocenters. The summed E-state index contributed by atoms with van der Waals surface area (Å²) in [5, 5.41) is 6.70. The predicted molar refractivity (Wildman–Crippen MR) is 103 cm³/mol. The summed E-state index contributed by atoms with van der Waals surface area (Å²) in [5.41, 5.74) is 1.11. The maximum Gasteiger partial charge on any atom is 0.191 e. The van der Waals surface area contributed by atoms with Crippen LogP contribution in [-0.4, -0.2) is 26.2 Å². The predicted octanol–water partition coefficient (Wildman–Crippen LogP) is 3.56. The number of ether oxygens (including phenoxy) is 1. The first kappa shape index (κ1) is 19.1. The van der Waals surface area contributed by atoms with Crippen LogP contribution in [0.1, 0.15) is 38.2 Å². The summed E-state index contributed by atoms with van der Waals surface area (Å²) in [6.45, 7) is 4.58. The van der Waals surface area contributed by atoms with Gasteiger partial charge in [0, 0.05) is 18.7 Å². The zero-order valence-corrected chi connectivity index (χ0v) is 15.9. The van der Waals surface area contributed by atoms with E-state index in [2.05, 4.69) is 28.6 Å². The van der Waals surface area contributed by atoms with Gasteiger partial charge in [-0.05, 0) is 31.7 Å². The highest BCUT2D eigenvalue weighted by Crippen LogP contribution is 2.33. The van der Waals surface area contributed by atoms with Gasteiger partial charge in [-0.2, -0.15) is 0 Å². The summed E-state index contributed by atoms with van der Waals surface area (Å²) in [6, 6.07) is 8.02. The fraction of sp³-hybridized carbons (Fsp3) is 0.588. The van der Waals surface area contributed by atoms with E-state index in [1.807, 2.05) is 18.2 Å². The lowest BCUT2D eigenvalue weighted by Gasteiger charge is -2.12. The van der Waals surface area contributed by atoms with Gasteiger partial charge in [0.15, 0.2) is 5.96 Å². The van der Waals surface area contributed by atoms with Gasteiger partial charge in [-0.15, -0.1) is 24.0 Å². The fourth-order valence-corrected chi connectivity index (χ4v) is 2.34. The van der Waals surface area contributed by atoms with E-state index in [0.29, 0.717) is 6.54 Å². The van der Waals surface area contributed by atoms with Crippen molar-refractivity contribution < 1.29 is 4.74 Å². The Balaban J connectivity index is 0.00000242. The van der Waals surface area contributed by atoms with E-state index in [1.54, 1.807) is 7.11 Å². The van der Waals surface area contributed by atoms with Crippen LogP contribution in [-0.2, 0) is 6.54 Å². The second kappa shape index (κ2) is 10.7. The van der Waals surface area contributed by atoms with Crippen molar-refractivity contribution in [2.75, 3.05) is 20.2 Å². The zero-order valence-electron chi connectivity index (χ0n) is 13.6. The highest BCUT2D eigenvalue weighted by atomic mass is 127. The van der Waals surface area contributed by atoms with Crippen molar-refractivity contribution in [2.24, 2.45) is 10.9 Å². The number of methoxy groups -OCH3 is 1. The van der Waals surface area contributed by atoms with Gasteiger partial charge in [0.25, 0.3) is 0 Å². The van der Waals surface area contributed by atoms with Crippen LogP contribution in [0.15, 0.2) is 29.3 Å². The number of para-hydroxylation sites is 1. The van der Waals surface area contributed by atoms with E-state index in [0.717, 1.165) is 36.3 Å². The lowest BCUT2D eigenvalue weighted by Crippen LogP contribution is -2.37. The van der Waals surface area contributed by atoms with Gasteiger partial charge in [-0.25, -0.2) is 4.99 Å². The number of benzene rings is 1. The van der Waals surface area contributed by atoms with E-state index in [4.69, 9.17) is 4.74 Å². The summed E-state index contributed by atoms with van der Waals surface area (Å²) in [6.07, 6.45) is 5.44. The van der Waals surface area contributed by atoms with Crippen LogP contribution in [0.25, 0.3) is 0 Å². The van der Waals surface area contributed by atoms with Gasteiger partial charge in [0.2, 0.25) is 0 Å². The van der Waals surface area contributed by atoms with E-state index >= 15 is 0 Å². The molecule has 1 aliphatic carbocycles. The van der Waals surface area contributed by atoms with Crippen LogP contribution in [0, 0.1) is 5.92 Å². The summed E-state index contributed by atoms with van der Waals surface area (Å²) >= 11 is 0. The normalized spacial score (nSPS) is 14.2. The standard InChI is InChI=1S/C17H27N3O.HI/c1-3-18-17(19-12-6-7-14-10-11-14)20-13-15-8-4-5-9-16(15)21-2;/h4-5,8-9,14H,3,6-7,10-13H2,1-2H3,(H2,18,19,20);1H. The molecule has 0 saturated heterocycles. The van der Waals surface area contributed by atoms with E-state index in [-0.39, 0.29) is 24.0 Å². The summed E-state index contributed by atoms with van der Waals surface area (Å²) in [4.78, 5) is 4.64. The highest BCUT2D eigenvalue weighted by Gasteiger charge is 2.19. The molecule has 124 valence electrons. The van der Waals surface area contributed by atoms with Crippen LogP contribution >= 0.6 is 24.0 Å². The Labute approximate surface area is 151 Å². The molecule has 1 aromatic carbocycles. The second-order valence-corrected chi connectivity index (χ2v) is 5.52. The Morgan fingerprint density at radius 1 is 1.27 bits per heavy atom. The minimum absolute atomic E-state index is 0. The molecule has 2 N–H and O–H groups in total. The monoisotopic (exact) mass is 417 g/mol. The van der Waals surface area contributed by atoms with Crippen LogP contribution in [0.5, 0.6) is 5.75 Å². The molecule has 0 spiro atoms. The lowest BCUT2D eigenvalue weighted by atomic mass is 10.2. The maximum absolute atomic E-state index is 5.36. The molecule has 1 aliphatic rings. The molecular formula is C17H28IN3O. The van der Waals surface area contributed by atoms with Gasteiger partial charge >= 0.3 is 0 Å². The Bertz CT molecular complexity index is 461. The maximum atomic E-state index is 5.36. The van der Waals surface area contributed by atoms with E-state index < -0.39 is 0 Å². The van der Waals surface area contributed by atoms with Crippen LogP contribution in [0.3, 0.4) is 0 Å². The molecule has 4 nitrogen and oxygen atoms in total. The molecule has 0 bridgehead atoms. The first-order valence-corrected chi connectivity index (χ1v) is 7.97. The van der Waals surface area contributed by atoms with Crippen molar-refractivity contribution in [3.8, 4) is 5.75 Å². The molecule has 5 heteroatoms. The van der Waals surface area contributed by atoms with Crippen LogP contribution in [0.4, 0.5) is 0 Å². The smallest absolute Gasteiger partial charge is 0.191 e. The molecule has 0 aliphatic heterocycles. The van der Waals surface area contributed by atoms with Gasteiger partial charge in [-0.3, -0.25) is 0 Å². The first-order chi connectivity index (χ1) is 10.3. The third-order valence-corrected chi connectivity index (χ3v) is 3.72. The molecule has 0 radical (unpaired) electrons. The van der Waals surface area contributed by atoms with Crippen molar-refractivity contribution in [1.29, 1.82) is 0 Å². The Morgan fingerprint density at radius 2 is 2.05 bits per heavy atom. The topological polar surface area (TPSA) is 45.7 Å². The quantitative estimate of drug-likeness (QED) is 0.294. The van der Waals surface area contributed by atoms with Crippen molar-refractivity contribution in [2.45, 2.75) is 39.2 Å². The van der Waals surface area contributed by atoms with Crippen molar-refractivity contribution in [3.05, 3.63) is 29.8 Å². The third-order valence-electron chi connectivity index (χ3n) is 3.72. The van der Waals surface area contributed by atoms with Gasteiger partial charge < -0.3 is 15.4 Å². The Morgan fingerprint density at radius 3 is 2.73 bits per heavy atom. The summed E-state index contributed by atoms with van der Waals surface area (Å²) in [7, 11) is 1.70. The Kier molecular flexibility index (Phi) is 9.27. The van der Waals surface area contributed by atoms with Gasteiger partial charge in [0.1, 0.15) is 5.75 Å². The molecule has 0 heterocycles. The van der Waals surface area contributed by atoms with Crippen LogP contribution in [0.2, 0.25) is 0 Å². The summed E-state index contributed by atoms with van der Waals surface area (Å²) < 4.78 is 5.36. The van der Waals surface area contributed by atoms with Crippen LogP contribution < -0.4 is 15.4 Å². The first-order valence-electron chi connectivity index (χ1n) is 7.97. The molecule has 1 aromatic rings. The number of hydrogen-bond acceptors (Lipinski definition) is 2. The number of hydrogen-bond donors (Lipinski definition) is 2. The van der Waals surface area contributed by atoms with Gasteiger partial charge in [0.05, 0.1) is 13.7 Å². The Hall–Kier alpha value is -0.980. The molecule has 1 saturated carbocycles. The fourth-order valence-electron chi connectivity index (χ4n) is 2.34. The molecule has 0 amide bonds. The zero-order chi connectivity index (χ0) is 14.9. The number of aliphatic imine (C=N–C) groups is 1. The molecule has 22 heavy (non-hydrogen) atoms. The van der Waals surface area contributed by atoms with E-state index in [1.165, 1.54) is 25.7 Å². The van der Waals surface area contributed by atoms with Crippen molar-refractivity contribution in [3.63, 3.8) is 0 Å². The lowest BCUT2D eigenvalue weighted by molar-refractivity contribution is 0.410. The average Bonchev–Trinajstić information content (AvgIpc) is 3.33. The second-order valence-electron chi connectivity index (χ2n) is 5.52. The number of nitrogens with zero attached hydrogens (tertiary/aromatic N) is 1. The molecule has 2 rings (SSSR count). The summed E-state index contributed by atoms with van der Waals surface area (Å²) in [5.74, 6) is 2.78. The molecule has 0 aromatic heterocycles. The minimum atomic E-state index is 0. The molecular weight excluding hydrogens is 389 g/mol. The van der Waals surface area contributed by atoms with E-state index in [9.17, 15) is 0 Å². The third kappa shape index (κ3) is 6.85. The number of halogens is 1. The van der Waals surface area contributed by atoms with Crippen molar-refractivity contribution in [1.82, 2.24) is 10.6 Å². The molecule has 0 atom stereocenters. The van der Waals surface area contributed by atoms with Gasteiger partial charge in [-0.1, -0.05) is 31.0 Å². The number of nitrogens with one attached hydrogen (secondary N) is 2. The average molecular weight is 417 g/mol. The highest BCUT2D eigenvalue weighted by molar-refractivity contribution is 14.0. The number of guanidine groups is 1. The molecule has 1 fully saturated rings. The number of rotatable bonds is 8. The van der Waals surface area contributed by atoms with Crippen molar-refractivity contribution >= 4 is 29.9 Å².